The summed E-state index contributed by atoms with van der Waals surface area (Å²) in [5.74, 6) is -0.734. The molecule has 0 saturated heterocycles. The van der Waals surface area contributed by atoms with Crippen LogP contribution < -0.4 is 20.7 Å². The van der Waals surface area contributed by atoms with Crippen molar-refractivity contribution in [3.63, 3.8) is 0 Å². The molecule has 40 heavy (non-hydrogen) atoms. The predicted molar refractivity (Wildman–Crippen MR) is 155 cm³/mol. The number of amides is 3. The lowest BCUT2D eigenvalue weighted by Gasteiger charge is -2.13. The zero-order valence-electron chi connectivity index (χ0n) is 21.5. The number of anilines is 2. The van der Waals surface area contributed by atoms with Crippen LogP contribution in [-0.4, -0.2) is 40.7 Å². The summed E-state index contributed by atoms with van der Waals surface area (Å²) in [7, 11) is 1.44. The van der Waals surface area contributed by atoms with Crippen LogP contribution in [0, 0.1) is 0 Å². The topological polar surface area (TPSA) is 130 Å². The molecular formula is C30H26N4O5S. The van der Waals surface area contributed by atoms with Gasteiger partial charge >= 0.3 is 0 Å². The smallest absolute Gasteiger partial charge is 0.272 e. The number of phenolic OH excluding ortho intramolecular Hbond substituents is 1. The highest BCUT2D eigenvalue weighted by Gasteiger charge is 2.17. The van der Waals surface area contributed by atoms with Crippen LogP contribution in [0.15, 0.2) is 108 Å². The molecule has 4 rings (SSSR count). The molecule has 0 bridgehead atoms. The zero-order valence-corrected chi connectivity index (χ0v) is 22.3. The third-order valence-electron chi connectivity index (χ3n) is 5.47. The van der Waals surface area contributed by atoms with Crippen molar-refractivity contribution >= 4 is 46.9 Å². The van der Waals surface area contributed by atoms with Gasteiger partial charge in [-0.3, -0.25) is 19.4 Å². The van der Waals surface area contributed by atoms with Gasteiger partial charge in [-0.25, -0.2) is 0 Å². The monoisotopic (exact) mass is 554 g/mol. The molecule has 3 aromatic carbocycles. The predicted octanol–water partition coefficient (Wildman–Crippen LogP) is 4.94. The first-order valence-electron chi connectivity index (χ1n) is 12.1. The molecule has 0 unspecified atom stereocenters. The number of thioether (sulfide) groups is 1. The number of benzene rings is 3. The average molecular weight is 555 g/mol. The van der Waals surface area contributed by atoms with Gasteiger partial charge in [-0.1, -0.05) is 24.3 Å². The van der Waals surface area contributed by atoms with Crippen molar-refractivity contribution in [2.45, 2.75) is 4.90 Å². The Morgan fingerprint density at radius 1 is 0.900 bits per heavy atom. The van der Waals surface area contributed by atoms with E-state index in [9.17, 15) is 19.5 Å². The molecule has 0 spiro atoms. The summed E-state index contributed by atoms with van der Waals surface area (Å²) in [4.78, 5) is 43.3. The highest BCUT2D eigenvalue weighted by Crippen LogP contribution is 2.26. The van der Waals surface area contributed by atoms with Crippen LogP contribution in [0.1, 0.15) is 15.9 Å². The van der Waals surface area contributed by atoms with Crippen molar-refractivity contribution in [1.82, 2.24) is 10.3 Å². The number of carbonyl (C=O) groups excluding carboxylic acids is 3. The van der Waals surface area contributed by atoms with Gasteiger partial charge in [-0.15, -0.1) is 11.8 Å². The van der Waals surface area contributed by atoms with Crippen molar-refractivity contribution in [3.8, 4) is 11.5 Å². The molecule has 202 valence electrons. The first-order valence-corrected chi connectivity index (χ1v) is 13.1. The van der Waals surface area contributed by atoms with Gasteiger partial charge in [0.05, 0.1) is 12.9 Å². The van der Waals surface area contributed by atoms with Gasteiger partial charge in [0.1, 0.15) is 17.2 Å². The zero-order chi connectivity index (χ0) is 28.3. The molecule has 0 radical (unpaired) electrons. The van der Waals surface area contributed by atoms with Crippen molar-refractivity contribution < 1.29 is 24.2 Å². The van der Waals surface area contributed by atoms with Crippen LogP contribution in [0.4, 0.5) is 11.4 Å². The number of hydrogen-bond donors (Lipinski definition) is 4. The molecule has 9 nitrogen and oxygen atoms in total. The van der Waals surface area contributed by atoms with E-state index in [1.807, 2.05) is 6.07 Å². The number of nitrogens with one attached hydrogen (secondary N) is 3. The quantitative estimate of drug-likeness (QED) is 0.161. The van der Waals surface area contributed by atoms with Crippen LogP contribution in [0.3, 0.4) is 0 Å². The summed E-state index contributed by atoms with van der Waals surface area (Å²) in [5, 5.41) is 18.1. The minimum Gasteiger partial charge on any atom is -0.508 e. The minimum absolute atomic E-state index is 0.00269. The third-order valence-corrected chi connectivity index (χ3v) is 6.47. The van der Waals surface area contributed by atoms with E-state index in [-0.39, 0.29) is 23.1 Å². The highest BCUT2D eigenvalue weighted by molar-refractivity contribution is 8.00. The molecule has 0 aliphatic rings. The van der Waals surface area contributed by atoms with E-state index in [2.05, 4.69) is 20.9 Å². The number of aromatic nitrogens is 1. The second kappa shape index (κ2) is 13.6. The van der Waals surface area contributed by atoms with E-state index in [1.165, 1.54) is 37.1 Å². The summed E-state index contributed by atoms with van der Waals surface area (Å²) < 4.78 is 5.33. The summed E-state index contributed by atoms with van der Waals surface area (Å²) >= 11 is 1.31. The van der Waals surface area contributed by atoms with Crippen LogP contribution in [-0.2, 0) is 9.59 Å². The molecule has 0 aliphatic heterocycles. The van der Waals surface area contributed by atoms with Gasteiger partial charge in [0.2, 0.25) is 5.91 Å². The molecular weight excluding hydrogens is 528 g/mol. The SMILES string of the molecule is COc1cc(O)ccc1/C=C(/NC(=O)c1ccccc1)C(=O)Nc1cccc(SCC(=O)Nc2ccncc2)c1. The number of phenols is 1. The van der Waals surface area contributed by atoms with E-state index in [4.69, 9.17) is 4.74 Å². The molecule has 0 saturated carbocycles. The minimum atomic E-state index is -0.572. The molecule has 4 aromatic rings. The molecule has 4 N–H and O–H groups in total. The maximum atomic E-state index is 13.4. The lowest BCUT2D eigenvalue weighted by Crippen LogP contribution is -2.30. The van der Waals surface area contributed by atoms with Crippen LogP contribution in [0.5, 0.6) is 11.5 Å². The molecule has 0 fully saturated rings. The van der Waals surface area contributed by atoms with Gasteiger partial charge in [0, 0.05) is 45.9 Å². The van der Waals surface area contributed by atoms with Crippen LogP contribution in [0.25, 0.3) is 6.08 Å². The first kappa shape index (κ1) is 27.9. The molecule has 1 aromatic heterocycles. The first-order chi connectivity index (χ1) is 19.4. The van der Waals surface area contributed by atoms with Gasteiger partial charge in [0.25, 0.3) is 11.8 Å². The maximum Gasteiger partial charge on any atom is 0.272 e. The fourth-order valence-corrected chi connectivity index (χ4v) is 4.32. The summed E-state index contributed by atoms with van der Waals surface area (Å²) in [6.45, 7) is 0. The molecule has 3 amide bonds. The highest BCUT2D eigenvalue weighted by atomic mass is 32.2. The van der Waals surface area contributed by atoms with Gasteiger partial charge < -0.3 is 25.8 Å². The Hall–Kier alpha value is -5.09. The van der Waals surface area contributed by atoms with E-state index >= 15 is 0 Å². The number of methoxy groups -OCH3 is 1. The fourth-order valence-electron chi connectivity index (χ4n) is 3.56. The molecule has 0 atom stereocenters. The Bertz CT molecular complexity index is 1530. The molecule has 10 heteroatoms. The second-order valence-corrected chi connectivity index (χ2v) is 9.41. The van der Waals surface area contributed by atoms with Gasteiger partial charge in [-0.05, 0) is 60.7 Å². The second-order valence-electron chi connectivity index (χ2n) is 8.36. The van der Waals surface area contributed by atoms with Crippen molar-refractivity contribution in [3.05, 3.63) is 114 Å². The normalized spacial score (nSPS) is 10.9. The standard InChI is InChI=1S/C30H26N4O5S/c1-39-27-18-24(35)11-10-21(27)16-26(34-29(37)20-6-3-2-4-7-20)30(38)33-23-8-5-9-25(17-23)40-19-28(36)32-22-12-14-31-15-13-22/h2-18,35H,19H2,1H3,(H,33,38)(H,34,37)(H,31,32,36)/b26-16+. The number of nitrogens with zero attached hydrogens (tertiary/aromatic N) is 1. The summed E-state index contributed by atoms with van der Waals surface area (Å²) in [6.07, 6.45) is 4.66. The fraction of sp³-hybridized carbons (Fsp3) is 0.0667. The Balaban J connectivity index is 1.50. The van der Waals surface area contributed by atoms with Gasteiger partial charge in [0.15, 0.2) is 0 Å². The van der Waals surface area contributed by atoms with E-state index < -0.39 is 11.8 Å². The number of carbonyl (C=O) groups is 3. The number of hydrogen-bond acceptors (Lipinski definition) is 7. The third kappa shape index (κ3) is 7.95. The largest absolute Gasteiger partial charge is 0.508 e. The van der Waals surface area contributed by atoms with E-state index in [0.29, 0.717) is 28.3 Å². The van der Waals surface area contributed by atoms with Crippen molar-refractivity contribution in [2.24, 2.45) is 0 Å². The van der Waals surface area contributed by atoms with Crippen molar-refractivity contribution in [2.75, 3.05) is 23.5 Å². The van der Waals surface area contributed by atoms with Crippen LogP contribution >= 0.6 is 11.8 Å². The average Bonchev–Trinajstić information content (AvgIpc) is 2.97. The number of ether oxygens (including phenoxy) is 1. The van der Waals surface area contributed by atoms with Crippen molar-refractivity contribution in [1.29, 1.82) is 0 Å². The lowest BCUT2D eigenvalue weighted by molar-refractivity contribution is -0.114. The lowest BCUT2D eigenvalue weighted by atomic mass is 10.1. The Labute approximate surface area is 235 Å². The Morgan fingerprint density at radius 3 is 2.42 bits per heavy atom. The number of pyridine rings is 1. The summed E-state index contributed by atoms with van der Waals surface area (Å²) in [5.41, 5.74) is 1.95. The van der Waals surface area contributed by atoms with Crippen LogP contribution in [0.2, 0.25) is 0 Å². The molecule has 1 heterocycles. The number of aromatic hydroxyl groups is 1. The van der Waals surface area contributed by atoms with E-state index in [1.54, 1.807) is 79.1 Å². The maximum absolute atomic E-state index is 13.4. The Kier molecular flexibility index (Phi) is 9.52. The summed E-state index contributed by atoms with van der Waals surface area (Å²) in [6, 6.07) is 23.4. The Morgan fingerprint density at radius 2 is 1.68 bits per heavy atom. The number of rotatable bonds is 10. The van der Waals surface area contributed by atoms with E-state index in [0.717, 1.165) is 4.90 Å². The van der Waals surface area contributed by atoms with Gasteiger partial charge in [-0.2, -0.15) is 0 Å². The molecule has 0 aliphatic carbocycles.